The zero-order valence-electron chi connectivity index (χ0n) is 17.9. The van der Waals surface area contributed by atoms with Gasteiger partial charge in [-0.05, 0) is 25.0 Å². The van der Waals surface area contributed by atoms with Gasteiger partial charge >= 0.3 is 0 Å². The third-order valence-electron chi connectivity index (χ3n) is 5.28. The van der Waals surface area contributed by atoms with Crippen LogP contribution < -0.4 is 0 Å². The van der Waals surface area contributed by atoms with Crippen LogP contribution >= 0.6 is 0 Å². The summed E-state index contributed by atoms with van der Waals surface area (Å²) in [5.74, 6) is 0.175. The minimum atomic E-state index is 0.175. The quantitative estimate of drug-likeness (QED) is 0.274. The molecular formula is C24H42N2O. The predicted molar refractivity (Wildman–Crippen MR) is 116 cm³/mol. The van der Waals surface area contributed by atoms with Crippen LogP contribution in [0.2, 0.25) is 0 Å². The van der Waals surface area contributed by atoms with Crippen molar-refractivity contribution in [2.45, 2.75) is 104 Å². The molecule has 0 aliphatic carbocycles. The molecule has 0 spiro atoms. The highest BCUT2D eigenvalue weighted by atomic mass is 16.2. The number of aromatic nitrogens is 1. The lowest BCUT2D eigenvalue weighted by Gasteiger charge is -2.23. The molecule has 154 valence electrons. The van der Waals surface area contributed by atoms with Crippen molar-refractivity contribution in [3.8, 4) is 0 Å². The first-order valence-electron chi connectivity index (χ1n) is 11.5. The normalized spacial score (nSPS) is 10.9. The summed E-state index contributed by atoms with van der Waals surface area (Å²) in [5, 5.41) is 0. The van der Waals surface area contributed by atoms with Gasteiger partial charge in [-0.3, -0.25) is 9.78 Å². The summed E-state index contributed by atoms with van der Waals surface area (Å²) in [7, 11) is 0. The third kappa shape index (κ3) is 11.8. The Morgan fingerprint density at radius 2 is 1.11 bits per heavy atom. The standard InChI is InChI=1S/C24H42N2O/c1-3-5-7-9-11-13-15-21-26(22-16-14-12-10-8-6-4-2)24(27)23-17-19-25-20-18-23/h17-20H,3-16,21-22H2,1-2H3. The van der Waals surface area contributed by atoms with Crippen molar-refractivity contribution in [3.05, 3.63) is 30.1 Å². The molecule has 0 N–H and O–H groups in total. The second-order valence-corrected chi connectivity index (χ2v) is 7.77. The van der Waals surface area contributed by atoms with Crippen molar-refractivity contribution in [1.29, 1.82) is 0 Å². The molecule has 1 aromatic heterocycles. The van der Waals surface area contributed by atoms with Crippen molar-refractivity contribution in [1.82, 2.24) is 9.88 Å². The Bertz CT molecular complexity index is 443. The van der Waals surface area contributed by atoms with Gasteiger partial charge in [0.05, 0.1) is 0 Å². The van der Waals surface area contributed by atoms with Gasteiger partial charge in [0.25, 0.3) is 5.91 Å². The van der Waals surface area contributed by atoms with Gasteiger partial charge in [-0.1, -0.05) is 90.9 Å². The van der Waals surface area contributed by atoms with Gasteiger partial charge in [0, 0.05) is 31.0 Å². The van der Waals surface area contributed by atoms with Gasteiger partial charge in [0.2, 0.25) is 0 Å². The van der Waals surface area contributed by atoms with E-state index in [2.05, 4.69) is 23.7 Å². The Labute approximate surface area is 168 Å². The molecule has 27 heavy (non-hydrogen) atoms. The summed E-state index contributed by atoms with van der Waals surface area (Å²) >= 11 is 0. The van der Waals surface area contributed by atoms with Crippen LogP contribution in [0.25, 0.3) is 0 Å². The molecule has 0 aliphatic heterocycles. The smallest absolute Gasteiger partial charge is 0.253 e. The van der Waals surface area contributed by atoms with Crippen LogP contribution in [0.15, 0.2) is 24.5 Å². The maximum absolute atomic E-state index is 12.9. The molecule has 0 radical (unpaired) electrons. The van der Waals surface area contributed by atoms with Crippen LogP contribution in [0.3, 0.4) is 0 Å². The molecule has 0 fully saturated rings. The molecule has 3 nitrogen and oxygen atoms in total. The first-order valence-corrected chi connectivity index (χ1v) is 11.5. The van der Waals surface area contributed by atoms with Crippen LogP contribution in [-0.2, 0) is 0 Å². The van der Waals surface area contributed by atoms with E-state index < -0.39 is 0 Å². The topological polar surface area (TPSA) is 33.2 Å². The Kier molecular flexibility index (Phi) is 14.7. The first-order chi connectivity index (χ1) is 13.3. The molecule has 0 atom stereocenters. The Hall–Kier alpha value is -1.38. The van der Waals surface area contributed by atoms with Crippen molar-refractivity contribution in [2.24, 2.45) is 0 Å². The second kappa shape index (κ2) is 16.8. The molecule has 1 heterocycles. The number of carbonyl (C=O) groups is 1. The predicted octanol–water partition coefficient (Wildman–Crippen LogP) is 7.03. The summed E-state index contributed by atoms with van der Waals surface area (Å²) in [6.07, 6.45) is 21.4. The molecule has 1 aromatic rings. The molecule has 0 unspecified atom stereocenters. The van der Waals surface area contributed by atoms with Gasteiger partial charge in [-0.15, -0.1) is 0 Å². The molecule has 1 rings (SSSR count). The van der Waals surface area contributed by atoms with E-state index >= 15 is 0 Å². The lowest BCUT2D eigenvalue weighted by Crippen LogP contribution is -2.33. The first kappa shape index (κ1) is 23.7. The van der Waals surface area contributed by atoms with Crippen LogP contribution in [0.1, 0.15) is 114 Å². The summed E-state index contributed by atoms with van der Waals surface area (Å²) in [6.45, 7) is 6.30. The molecular weight excluding hydrogens is 332 g/mol. The number of rotatable bonds is 17. The van der Waals surface area contributed by atoms with Crippen molar-refractivity contribution in [2.75, 3.05) is 13.1 Å². The van der Waals surface area contributed by atoms with E-state index in [1.807, 2.05) is 12.1 Å². The highest BCUT2D eigenvalue weighted by Crippen LogP contribution is 2.12. The number of pyridine rings is 1. The number of hydrogen-bond acceptors (Lipinski definition) is 2. The molecule has 0 saturated carbocycles. The van der Waals surface area contributed by atoms with Crippen LogP contribution in [0.5, 0.6) is 0 Å². The summed E-state index contributed by atoms with van der Waals surface area (Å²) in [5.41, 5.74) is 0.774. The average Bonchev–Trinajstić information content (AvgIpc) is 2.71. The van der Waals surface area contributed by atoms with E-state index in [0.717, 1.165) is 31.5 Å². The van der Waals surface area contributed by atoms with E-state index in [4.69, 9.17) is 0 Å². The fraction of sp³-hybridized carbons (Fsp3) is 0.750. The second-order valence-electron chi connectivity index (χ2n) is 7.77. The van der Waals surface area contributed by atoms with E-state index in [-0.39, 0.29) is 5.91 Å². The molecule has 0 aromatic carbocycles. The SMILES string of the molecule is CCCCCCCCCN(CCCCCCCCC)C(=O)c1ccncc1. The van der Waals surface area contributed by atoms with Crippen molar-refractivity contribution in [3.63, 3.8) is 0 Å². The minimum Gasteiger partial charge on any atom is -0.339 e. The summed E-state index contributed by atoms with van der Waals surface area (Å²) in [6, 6.07) is 3.68. The average molecular weight is 375 g/mol. The Morgan fingerprint density at radius 1 is 0.704 bits per heavy atom. The van der Waals surface area contributed by atoms with E-state index in [0.29, 0.717) is 0 Å². The van der Waals surface area contributed by atoms with Crippen LogP contribution in [0, 0.1) is 0 Å². The van der Waals surface area contributed by atoms with Gasteiger partial charge in [-0.2, -0.15) is 0 Å². The van der Waals surface area contributed by atoms with Gasteiger partial charge in [0.1, 0.15) is 0 Å². The highest BCUT2D eigenvalue weighted by Gasteiger charge is 2.14. The zero-order valence-corrected chi connectivity index (χ0v) is 17.9. The number of amides is 1. The lowest BCUT2D eigenvalue weighted by atomic mass is 10.1. The fourth-order valence-corrected chi connectivity index (χ4v) is 3.51. The summed E-state index contributed by atoms with van der Waals surface area (Å²) in [4.78, 5) is 19.0. The number of carbonyl (C=O) groups excluding carboxylic acids is 1. The monoisotopic (exact) mass is 374 g/mol. The number of unbranched alkanes of at least 4 members (excludes halogenated alkanes) is 12. The molecule has 3 heteroatoms. The summed E-state index contributed by atoms with van der Waals surface area (Å²) < 4.78 is 0. The van der Waals surface area contributed by atoms with E-state index in [1.54, 1.807) is 12.4 Å². The van der Waals surface area contributed by atoms with Crippen molar-refractivity contribution < 1.29 is 4.79 Å². The van der Waals surface area contributed by atoms with Gasteiger partial charge < -0.3 is 4.90 Å². The van der Waals surface area contributed by atoms with E-state index in [1.165, 1.54) is 77.0 Å². The Balaban J connectivity index is 2.34. The molecule has 0 bridgehead atoms. The Morgan fingerprint density at radius 3 is 1.56 bits per heavy atom. The van der Waals surface area contributed by atoms with Crippen LogP contribution in [-0.4, -0.2) is 28.9 Å². The third-order valence-corrected chi connectivity index (χ3v) is 5.28. The van der Waals surface area contributed by atoms with Gasteiger partial charge in [-0.25, -0.2) is 0 Å². The number of nitrogens with zero attached hydrogens (tertiary/aromatic N) is 2. The molecule has 1 amide bonds. The maximum Gasteiger partial charge on any atom is 0.253 e. The fourth-order valence-electron chi connectivity index (χ4n) is 3.51. The largest absolute Gasteiger partial charge is 0.339 e. The van der Waals surface area contributed by atoms with Gasteiger partial charge in [0.15, 0.2) is 0 Å². The molecule has 0 saturated heterocycles. The van der Waals surface area contributed by atoms with Crippen LogP contribution in [0.4, 0.5) is 0 Å². The van der Waals surface area contributed by atoms with E-state index in [9.17, 15) is 4.79 Å². The molecule has 0 aliphatic rings. The van der Waals surface area contributed by atoms with Crippen molar-refractivity contribution >= 4 is 5.91 Å². The maximum atomic E-state index is 12.9. The number of hydrogen-bond donors (Lipinski definition) is 0. The zero-order chi connectivity index (χ0) is 19.6. The minimum absolute atomic E-state index is 0.175. The lowest BCUT2D eigenvalue weighted by molar-refractivity contribution is 0.0749. The highest BCUT2D eigenvalue weighted by molar-refractivity contribution is 5.94.